The van der Waals surface area contributed by atoms with Gasteiger partial charge in [0.25, 0.3) is 0 Å². The zero-order valence-corrected chi connectivity index (χ0v) is 11.1. The minimum Gasteiger partial charge on any atom is -0.384 e. The molecule has 0 saturated heterocycles. The predicted octanol–water partition coefficient (Wildman–Crippen LogP) is 1.91. The minimum absolute atomic E-state index is 0.117. The first-order valence-electron chi connectivity index (χ1n) is 6.58. The van der Waals surface area contributed by atoms with Crippen LogP contribution in [0.5, 0.6) is 0 Å². The van der Waals surface area contributed by atoms with Crippen molar-refractivity contribution in [3.8, 4) is 0 Å². The van der Waals surface area contributed by atoms with E-state index in [1.165, 1.54) is 30.9 Å². The van der Waals surface area contributed by atoms with E-state index in [2.05, 4.69) is 17.4 Å². The van der Waals surface area contributed by atoms with E-state index in [1.807, 2.05) is 6.07 Å². The molecule has 0 unspecified atom stereocenters. The zero-order valence-electron chi connectivity index (χ0n) is 11.1. The normalized spacial score (nSPS) is 17.7. The highest BCUT2D eigenvalue weighted by Crippen LogP contribution is 2.27. The Bertz CT molecular complexity index is 452. The summed E-state index contributed by atoms with van der Waals surface area (Å²) in [5.74, 6) is -0.117. The molecule has 0 aliphatic heterocycles. The van der Waals surface area contributed by atoms with Crippen LogP contribution in [0.1, 0.15) is 43.4 Å². The summed E-state index contributed by atoms with van der Waals surface area (Å²) in [6, 6.07) is 6.19. The van der Waals surface area contributed by atoms with Crippen LogP contribution in [-0.4, -0.2) is 17.6 Å². The maximum absolute atomic E-state index is 10.9. The van der Waals surface area contributed by atoms with Gasteiger partial charge in [-0.25, -0.2) is 0 Å². The smallest absolute Gasteiger partial charge is 0.216 e. The molecule has 0 aromatic heterocycles. The van der Waals surface area contributed by atoms with Crippen molar-refractivity contribution in [2.45, 2.75) is 45.1 Å². The van der Waals surface area contributed by atoms with Gasteiger partial charge in [-0.05, 0) is 49.3 Å². The van der Waals surface area contributed by atoms with Crippen molar-refractivity contribution < 1.29 is 9.90 Å². The van der Waals surface area contributed by atoms with Gasteiger partial charge in [0.2, 0.25) is 5.91 Å². The number of amides is 1. The lowest BCUT2D eigenvalue weighted by molar-refractivity contribution is -0.120. The average molecular weight is 247 g/mol. The molecule has 18 heavy (non-hydrogen) atoms. The van der Waals surface area contributed by atoms with Crippen LogP contribution in [0.15, 0.2) is 18.2 Å². The van der Waals surface area contributed by atoms with Crippen LogP contribution >= 0.6 is 0 Å². The molecule has 1 aromatic rings. The second-order valence-corrected chi connectivity index (χ2v) is 5.37. The molecule has 0 heterocycles. The van der Waals surface area contributed by atoms with Gasteiger partial charge in [-0.15, -0.1) is 0 Å². The standard InChI is InChI=1S/C15H21NO2/c1-11(17)16-10-15(2,18)14-8-7-12-5-3-4-6-13(12)9-14/h7-9,18H,3-6,10H2,1-2H3,(H,16,17)/t15-/m1/s1. The van der Waals surface area contributed by atoms with Crippen molar-refractivity contribution in [1.29, 1.82) is 0 Å². The quantitative estimate of drug-likeness (QED) is 0.857. The molecule has 0 saturated carbocycles. The van der Waals surface area contributed by atoms with E-state index in [-0.39, 0.29) is 12.5 Å². The molecular weight excluding hydrogens is 226 g/mol. The minimum atomic E-state index is -1.00. The van der Waals surface area contributed by atoms with Gasteiger partial charge in [0.05, 0.1) is 6.54 Å². The van der Waals surface area contributed by atoms with Gasteiger partial charge in [-0.3, -0.25) is 4.79 Å². The van der Waals surface area contributed by atoms with Gasteiger partial charge in [-0.1, -0.05) is 18.2 Å². The lowest BCUT2D eigenvalue weighted by Crippen LogP contribution is -2.37. The Kier molecular flexibility index (Phi) is 3.71. The maximum Gasteiger partial charge on any atom is 0.216 e. The molecular formula is C15H21NO2. The molecule has 0 fully saturated rings. The Morgan fingerprint density at radius 1 is 1.33 bits per heavy atom. The molecule has 0 spiro atoms. The third kappa shape index (κ3) is 2.91. The number of rotatable bonds is 3. The number of hydrogen-bond donors (Lipinski definition) is 2. The van der Waals surface area contributed by atoms with Gasteiger partial charge in [0.15, 0.2) is 0 Å². The highest BCUT2D eigenvalue weighted by Gasteiger charge is 2.24. The van der Waals surface area contributed by atoms with Crippen LogP contribution in [0.3, 0.4) is 0 Å². The number of nitrogens with one attached hydrogen (secondary N) is 1. The molecule has 3 nitrogen and oxygen atoms in total. The predicted molar refractivity (Wildman–Crippen MR) is 71.3 cm³/mol. The second kappa shape index (κ2) is 5.11. The molecule has 2 rings (SSSR count). The van der Waals surface area contributed by atoms with Crippen molar-refractivity contribution >= 4 is 5.91 Å². The number of benzene rings is 1. The number of aryl methyl sites for hydroxylation is 2. The average Bonchev–Trinajstić information content (AvgIpc) is 2.36. The monoisotopic (exact) mass is 247 g/mol. The van der Waals surface area contributed by atoms with Gasteiger partial charge in [-0.2, -0.15) is 0 Å². The lowest BCUT2D eigenvalue weighted by atomic mass is 9.86. The third-order valence-corrected chi connectivity index (χ3v) is 3.65. The fourth-order valence-electron chi connectivity index (χ4n) is 2.47. The van der Waals surface area contributed by atoms with E-state index in [9.17, 15) is 9.90 Å². The van der Waals surface area contributed by atoms with Gasteiger partial charge in [0.1, 0.15) is 5.60 Å². The molecule has 0 radical (unpaired) electrons. The number of carbonyl (C=O) groups excluding carboxylic acids is 1. The molecule has 1 atom stereocenters. The summed E-state index contributed by atoms with van der Waals surface area (Å²) < 4.78 is 0. The highest BCUT2D eigenvalue weighted by atomic mass is 16.3. The lowest BCUT2D eigenvalue weighted by Gasteiger charge is -2.26. The Hall–Kier alpha value is -1.35. The molecule has 1 amide bonds. The van der Waals surface area contributed by atoms with Crippen LogP contribution < -0.4 is 5.32 Å². The summed E-state index contributed by atoms with van der Waals surface area (Å²) in [6.45, 7) is 3.46. The van der Waals surface area contributed by atoms with Crippen molar-refractivity contribution in [2.24, 2.45) is 0 Å². The van der Waals surface area contributed by atoms with Crippen LogP contribution in [0.4, 0.5) is 0 Å². The SMILES string of the molecule is CC(=O)NC[C@@](C)(O)c1ccc2c(c1)CCCC2. The summed E-state index contributed by atoms with van der Waals surface area (Å²) >= 11 is 0. The fourth-order valence-corrected chi connectivity index (χ4v) is 2.47. The number of aliphatic hydroxyl groups is 1. The molecule has 1 aliphatic rings. The Balaban J connectivity index is 2.19. The molecule has 98 valence electrons. The van der Waals surface area contributed by atoms with Crippen LogP contribution in [0.2, 0.25) is 0 Å². The van der Waals surface area contributed by atoms with Gasteiger partial charge < -0.3 is 10.4 Å². The molecule has 3 heteroatoms. The van der Waals surface area contributed by atoms with E-state index >= 15 is 0 Å². The first-order valence-corrected chi connectivity index (χ1v) is 6.58. The summed E-state index contributed by atoms with van der Waals surface area (Å²) in [7, 11) is 0. The maximum atomic E-state index is 10.9. The van der Waals surface area contributed by atoms with Crippen LogP contribution in [-0.2, 0) is 23.2 Å². The summed E-state index contributed by atoms with van der Waals surface area (Å²) in [6.07, 6.45) is 4.72. The van der Waals surface area contributed by atoms with Gasteiger partial charge in [0, 0.05) is 6.92 Å². The third-order valence-electron chi connectivity index (χ3n) is 3.65. The van der Waals surface area contributed by atoms with E-state index in [0.717, 1.165) is 18.4 Å². The molecule has 1 aromatic carbocycles. The number of carbonyl (C=O) groups is 1. The Morgan fingerprint density at radius 2 is 2.00 bits per heavy atom. The fraction of sp³-hybridized carbons (Fsp3) is 0.533. The molecule has 1 aliphatic carbocycles. The molecule has 0 bridgehead atoms. The van der Waals surface area contributed by atoms with Crippen molar-refractivity contribution in [2.75, 3.05) is 6.54 Å². The Labute approximate surface area is 108 Å². The summed E-state index contributed by atoms with van der Waals surface area (Å²) in [5, 5.41) is 13.1. The second-order valence-electron chi connectivity index (χ2n) is 5.37. The summed E-state index contributed by atoms with van der Waals surface area (Å²) in [5.41, 5.74) is 2.64. The van der Waals surface area contributed by atoms with Crippen LogP contribution in [0.25, 0.3) is 0 Å². The van der Waals surface area contributed by atoms with E-state index < -0.39 is 5.60 Å². The molecule has 2 N–H and O–H groups in total. The Morgan fingerprint density at radius 3 is 2.67 bits per heavy atom. The zero-order chi connectivity index (χ0) is 13.2. The number of fused-ring (bicyclic) bond motifs is 1. The largest absolute Gasteiger partial charge is 0.384 e. The van der Waals surface area contributed by atoms with Crippen molar-refractivity contribution in [3.63, 3.8) is 0 Å². The van der Waals surface area contributed by atoms with Crippen LogP contribution in [0, 0.1) is 0 Å². The van der Waals surface area contributed by atoms with Crippen molar-refractivity contribution in [3.05, 3.63) is 34.9 Å². The number of hydrogen-bond acceptors (Lipinski definition) is 2. The topological polar surface area (TPSA) is 49.3 Å². The van der Waals surface area contributed by atoms with E-state index in [0.29, 0.717) is 0 Å². The first-order chi connectivity index (χ1) is 8.49. The van der Waals surface area contributed by atoms with Gasteiger partial charge >= 0.3 is 0 Å². The first kappa shape index (κ1) is 13.1. The van der Waals surface area contributed by atoms with E-state index in [4.69, 9.17) is 0 Å². The van der Waals surface area contributed by atoms with E-state index in [1.54, 1.807) is 6.92 Å². The summed E-state index contributed by atoms with van der Waals surface area (Å²) in [4.78, 5) is 10.9. The van der Waals surface area contributed by atoms with Crippen molar-refractivity contribution in [1.82, 2.24) is 5.32 Å². The highest BCUT2D eigenvalue weighted by molar-refractivity contribution is 5.72.